The molecule has 1 fully saturated rings. The molecule has 0 aliphatic carbocycles. The minimum absolute atomic E-state index is 0.208. The molecule has 1 heterocycles. The molecular weight excluding hydrogens is 216 g/mol. The molecular formula is C13H26N2O2. The third-order valence-corrected chi connectivity index (χ3v) is 3.40. The summed E-state index contributed by atoms with van der Waals surface area (Å²) in [6, 6.07) is 0.461. The maximum Gasteiger partial charge on any atom is 0.225 e. The van der Waals surface area contributed by atoms with E-state index >= 15 is 0 Å². The van der Waals surface area contributed by atoms with E-state index in [0.29, 0.717) is 12.5 Å². The van der Waals surface area contributed by atoms with Gasteiger partial charge < -0.3 is 15.0 Å². The molecule has 1 N–H and O–H groups in total. The highest BCUT2D eigenvalue weighted by atomic mass is 16.5. The van der Waals surface area contributed by atoms with E-state index in [4.69, 9.17) is 4.74 Å². The average Bonchev–Trinajstić information content (AvgIpc) is 2.29. The van der Waals surface area contributed by atoms with Gasteiger partial charge in [-0.05, 0) is 33.2 Å². The third-order valence-electron chi connectivity index (χ3n) is 3.40. The summed E-state index contributed by atoms with van der Waals surface area (Å²) in [5.41, 5.74) is -0.359. The number of nitrogens with one attached hydrogen (secondary N) is 1. The summed E-state index contributed by atoms with van der Waals surface area (Å²) in [6.45, 7) is 8.71. The predicted octanol–water partition coefficient (Wildman–Crippen LogP) is 1.40. The lowest BCUT2D eigenvalue weighted by molar-refractivity contribution is -0.137. The Morgan fingerprint density at radius 2 is 2.24 bits per heavy atom. The molecule has 0 radical (unpaired) electrons. The van der Waals surface area contributed by atoms with Crippen LogP contribution in [0.1, 0.15) is 40.0 Å². The van der Waals surface area contributed by atoms with E-state index in [1.165, 1.54) is 6.42 Å². The average molecular weight is 242 g/mol. The van der Waals surface area contributed by atoms with Gasteiger partial charge in [0.25, 0.3) is 0 Å². The first-order valence-corrected chi connectivity index (χ1v) is 6.55. The molecule has 1 atom stereocenters. The van der Waals surface area contributed by atoms with Crippen molar-refractivity contribution in [3.8, 4) is 0 Å². The fourth-order valence-electron chi connectivity index (χ4n) is 2.21. The Labute approximate surface area is 105 Å². The van der Waals surface area contributed by atoms with Crippen molar-refractivity contribution in [1.82, 2.24) is 10.2 Å². The highest BCUT2D eigenvalue weighted by Crippen LogP contribution is 2.17. The number of likely N-dealkylation sites (N-methyl/N-ethyl adjacent to an activating group) is 1. The van der Waals surface area contributed by atoms with Crippen molar-refractivity contribution in [3.05, 3.63) is 0 Å². The Balaban J connectivity index is 2.46. The van der Waals surface area contributed by atoms with Crippen LogP contribution in [0, 0.1) is 0 Å². The highest BCUT2D eigenvalue weighted by Gasteiger charge is 2.28. The van der Waals surface area contributed by atoms with Crippen molar-refractivity contribution >= 4 is 5.91 Å². The lowest BCUT2D eigenvalue weighted by atomic mass is 10.0. The van der Waals surface area contributed by atoms with Crippen molar-refractivity contribution in [2.75, 3.05) is 26.7 Å². The fraction of sp³-hybridized carbons (Fsp3) is 0.923. The van der Waals surface area contributed by atoms with Gasteiger partial charge in [-0.15, -0.1) is 0 Å². The summed E-state index contributed by atoms with van der Waals surface area (Å²) >= 11 is 0. The SMILES string of the molecule is CCNC1CCCN(C(=O)CC(C)(C)OC)C1. The number of rotatable bonds is 5. The summed E-state index contributed by atoms with van der Waals surface area (Å²) in [5.74, 6) is 0.208. The van der Waals surface area contributed by atoms with Gasteiger partial charge in [0, 0.05) is 26.2 Å². The highest BCUT2D eigenvalue weighted by molar-refractivity contribution is 5.77. The summed E-state index contributed by atoms with van der Waals surface area (Å²) < 4.78 is 5.31. The minimum atomic E-state index is -0.359. The summed E-state index contributed by atoms with van der Waals surface area (Å²) in [5, 5.41) is 3.42. The third kappa shape index (κ3) is 4.64. The topological polar surface area (TPSA) is 41.6 Å². The van der Waals surface area contributed by atoms with Crippen molar-refractivity contribution in [3.63, 3.8) is 0 Å². The smallest absolute Gasteiger partial charge is 0.225 e. The van der Waals surface area contributed by atoms with Gasteiger partial charge in [0.05, 0.1) is 12.0 Å². The first-order valence-electron chi connectivity index (χ1n) is 6.55. The number of piperidine rings is 1. The molecule has 0 spiro atoms. The molecule has 1 rings (SSSR count). The molecule has 1 aliphatic rings. The first kappa shape index (κ1) is 14.5. The van der Waals surface area contributed by atoms with Crippen molar-refractivity contribution < 1.29 is 9.53 Å². The fourth-order valence-corrected chi connectivity index (χ4v) is 2.21. The van der Waals surface area contributed by atoms with Crippen LogP contribution < -0.4 is 5.32 Å². The molecule has 0 aromatic rings. The summed E-state index contributed by atoms with van der Waals surface area (Å²) in [6.07, 6.45) is 2.73. The molecule has 0 aromatic carbocycles. The molecule has 17 heavy (non-hydrogen) atoms. The Morgan fingerprint density at radius 3 is 2.82 bits per heavy atom. The van der Waals surface area contributed by atoms with E-state index in [1.807, 2.05) is 18.7 Å². The van der Waals surface area contributed by atoms with E-state index in [-0.39, 0.29) is 11.5 Å². The standard InChI is InChI=1S/C13H26N2O2/c1-5-14-11-7-6-8-15(10-11)12(16)9-13(2,3)17-4/h11,14H,5-10H2,1-4H3. The lowest BCUT2D eigenvalue weighted by Crippen LogP contribution is -2.49. The van der Waals surface area contributed by atoms with Gasteiger partial charge in [-0.1, -0.05) is 6.92 Å². The molecule has 1 amide bonds. The number of hydrogen-bond donors (Lipinski definition) is 1. The Kier molecular flexibility index (Phi) is 5.40. The van der Waals surface area contributed by atoms with Crippen molar-refractivity contribution in [1.29, 1.82) is 0 Å². The number of ether oxygens (including phenoxy) is 1. The van der Waals surface area contributed by atoms with Crippen LogP contribution in [-0.2, 0) is 9.53 Å². The first-order chi connectivity index (χ1) is 7.98. The minimum Gasteiger partial charge on any atom is -0.378 e. The molecule has 1 saturated heterocycles. The van der Waals surface area contributed by atoms with E-state index in [0.717, 1.165) is 26.1 Å². The van der Waals surface area contributed by atoms with Gasteiger partial charge in [-0.3, -0.25) is 4.79 Å². The molecule has 1 aliphatic heterocycles. The molecule has 0 saturated carbocycles. The molecule has 0 bridgehead atoms. The van der Waals surface area contributed by atoms with Crippen LogP contribution in [0.5, 0.6) is 0 Å². The molecule has 4 nitrogen and oxygen atoms in total. The zero-order valence-electron chi connectivity index (χ0n) is 11.6. The van der Waals surface area contributed by atoms with Crippen LogP contribution in [0.25, 0.3) is 0 Å². The number of amides is 1. The Morgan fingerprint density at radius 1 is 1.53 bits per heavy atom. The second-order valence-electron chi connectivity index (χ2n) is 5.38. The van der Waals surface area contributed by atoms with Crippen molar-refractivity contribution in [2.24, 2.45) is 0 Å². The van der Waals surface area contributed by atoms with Crippen LogP contribution in [-0.4, -0.2) is 49.2 Å². The second kappa shape index (κ2) is 6.36. The number of hydrogen-bond acceptors (Lipinski definition) is 3. The Hall–Kier alpha value is -0.610. The van der Waals surface area contributed by atoms with Gasteiger partial charge in [0.15, 0.2) is 0 Å². The van der Waals surface area contributed by atoms with Gasteiger partial charge >= 0.3 is 0 Å². The summed E-state index contributed by atoms with van der Waals surface area (Å²) in [7, 11) is 1.66. The van der Waals surface area contributed by atoms with Crippen LogP contribution >= 0.6 is 0 Å². The van der Waals surface area contributed by atoms with E-state index < -0.39 is 0 Å². The zero-order valence-corrected chi connectivity index (χ0v) is 11.6. The number of methoxy groups -OCH3 is 1. The maximum absolute atomic E-state index is 12.1. The number of carbonyl (C=O) groups is 1. The van der Waals surface area contributed by atoms with Crippen LogP contribution in [0.15, 0.2) is 0 Å². The second-order valence-corrected chi connectivity index (χ2v) is 5.38. The zero-order chi connectivity index (χ0) is 12.9. The largest absolute Gasteiger partial charge is 0.378 e. The van der Waals surface area contributed by atoms with Gasteiger partial charge in [0.2, 0.25) is 5.91 Å². The van der Waals surface area contributed by atoms with E-state index in [9.17, 15) is 4.79 Å². The monoisotopic (exact) mass is 242 g/mol. The van der Waals surface area contributed by atoms with Crippen LogP contribution in [0.2, 0.25) is 0 Å². The quantitative estimate of drug-likeness (QED) is 0.792. The van der Waals surface area contributed by atoms with Crippen molar-refractivity contribution in [2.45, 2.75) is 51.7 Å². The molecule has 0 aromatic heterocycles. The number of nitrogens with zero attached hydrogens (tertiary/aromatic N) is 1. The maximum atomic E-state index is 12.1. The van der Waals surface area contributed by atoms with Gasteiger partial charge in [0.1, 0.15) is 0 Å². The number of likely N-dealkylation sites (tertiary alicyclic amines) is 1. The number of carbonyl (C=O) groups excluding carboxylic acids is 1. The molecule has 100 valence electrons. The summed E-state index contributed by atoms with van der Waals surface area (Å²) in [4.78, 5) is 14.1. The molecule has 1 unspecified atom stereocenters. The van der Waals surface area contributed by atoms with E-state index in [2.05, 4.69) is 12.2 Å². The van der Waals surface area contributed by atoms with Crippen LogP contribution in [0.3, 0.4) is 0 Å². The normalized spacial score (nSPS) is 21.6. The lowest BCUT2D eigenvalue weighted by Gasteiger charge is -2.35. The van der Waals surface area contributed by atoms with E-state index in [1.54, 1.807) is 7.11 Å². The van der Waals surface area contributed by atoms with Gasteiger partial charge in [-0.2, -0.15) is 0 Å². The van der Waals surface area contributed by atoms with Gasteiger partial charge in [-0.25, -0.2) is 0 Å². The predicted molar refractivity (Wildman–Crippen MR) is 69.0 cm³/mol. The molecule has 4 heteroatoms. The van der Waals surface area contributed by atoms with Crippen LogP contribution in [0.4, 0.5) is 0 Å². The Bertz CT molecular complexity index is 252.